The van der Waals surface area contributed by atoms with Crippen LogP contribution in [0.25, 0.3) is 0 Å². The van der Waals surface area contributed by atoms with Crippen molar-refractivity contribution in [2.24, 2.45) is 5.73 Å². The molecule has 0 aromatic heterocycles. The fraction of sp³-hybridized carbons (Fsp3) is 0.562. The number of nitrogens with two attached hydrogens (primary N) is 1. The van der Waals surface area contributed by atoms with E-state index in [2.05, 4.69) is 17.9 Å². The van der Waals surface area contributed by atoms with Gasteiger partial charge in [-0.3, -0.25) is 4.90 Å². The number of nitriles is 1. The maximum absolute atomic E-state index is 8.87. The fourth-order valence-corrected chi connectivity index (χ4v) is 2.53. The van der Waals surface area contributed by atoms with E-state index in [-0.39, 0.29) is 12.1 Å². The van der Waals surface area contributed by atoms with Gasteiger partial charge in [-0.15, -0.1) is 0 Å². The monoisotopic (exact) mass is 309 g/mol. The Hall–Kier alpha value is -1.12. The first-order chi connectivity index (χ1) is 10.1. The number of benzene rings is 1. The van der Waals surface area contributed by atoms with Crippen molar-refractivity contribution in [2.75, 3.05) is 26.8 Å². The van der Waals surface area contributed by atoms with Gasteiger partial charge in [-0.05, 0) is 24.1 Å². The Balaban J connectivity index is 3.00. The molecule has 0 heterocycles. The third kappa shape index (κ3) is 5.64. The van der Waals surface area contributed by atoms with Gasteiger partial charge >= 0.3 is 0 Å². The van der Waals surface area contributed by atoms with Gasteiger partial charge in [-0.25, -0.2) is 0 Å². The SMILES string of the molecule is CCC(N)C(c1ccc(Cl)cc1)N(CCC#N)CCOC. The molecule has 0 radical (unpaired) electrons. The lowest BCUT2D eigenvalue weighted by Crippen LogP contribution is -2.42. The minimum atomic E-state index is 0.00160. The van der Waals surface area contributed by atoms with Gasteiger partial charge in [-0.2, -0.15) is 5.26 Å². The van der Waals surface area contributed by atoms with Crippen molar-refractivity contribution in [1.29, 1.82) is 5.26 Å². The van der Waals surface area contributed by atoms with E-state index in [9.17, 15) is 0 Å². The van der Waals surface area contributed by atoms with Gasteiger partial charge in [0.2, 0.25) is 0 Å². The van der Waals surface area contributed by atoms with E-state index in [1.807, 2.05) is 24.3 Å². The van der Waals surface area contributed by atoms with Gasteiger partial charge in [-0.1, -0.05) is 30.7 Å². The molecule has 5 heteroatoms. The third-order valence-corrected chi connectivity index (χ3v) is 3.83. The highest BCUT2D eigenvalue weighted by Crippen LogP contribution is 2.26. The molecule has 4 nitrogen and oxygen atoms in total. The van der Waals surface area contributed by atoms with Crippen LogP contribution in [0.3, 0.4) is 0 Å². The van der Waals surface area contributed by atoms with Gasteiger partial charge in [0.1, 0.15) is 0 Å². The quantitative estimate of drug-likeness (QED) is 0.761. The standard InChI is InChI=1S/C16H24ClN3O/c1-3-15(19)16(13-5-7-14(17)8-6-13)20(10-4-9-18)11-12-21-2/h5-8,15-16H,3-4,10-12,19H2,1-2H3. The number of hydrogen-bond acceptors (Lipinski definition) is 4. The smallest absolute Gasteiger partial charge is 0.0635 e. The Morgan fingerprint density at radius 1 is 1.33 bits per heavy atom. The maximum atomic E-state index is 8.87. The molecule has 2 N–H and O–H groups in total. The number of ether oxygens (including phenoxy) is 1. The van der Waals surface area contributed by atoms with E-state index >= 15 is 0 Å². The van der Waals surface area contributed by atoms with Gasteiger partial charge < -0.3 is 10.5 Å². The molecule has 0 saturated heterocycles. The first kappa shape index (κ1) is 17.9. The predicted molar refractivity (Wildman–Crippen MR) is 86.1 cm³/mol. The summed E-state index contributed by atoms with van der Waals surface area (Å²) in [6.45, 7) is 4.12. The summed E-state index contributed by atoms with van der Waals surface area (Å²) in [7, 11) is 1.68. The topological polar surface area (TPSA) is 62.3 Å². The van der Waals surface area contributed by atoms with Crippen molar-refractivity contribution in [1.82, 2.24) is 4.90 Å². The lowest BCUT2D eigenvalue weighted by molar-refractivity contribution is 0.109. The largest absolute Gasteiger partial charge is 0.383 e. The highest BCUT2D eigenvalue weighted by atomic mass is 35.5. The van der Waals surface area contributed by atoms with Gasteiger partial charge in [0.05, 0.1) is 12.7 Å². The summed E-state index contributed by atoms with van der Waals surface area (Å²) >= 11 is 5.97. The van der Waals surface area contributed by atoms with Crippen LogP contribution >= 0.6 is 11.6 Å². The number of methoxy groups -OCH3 is 1. The van der Waals surface area contributed by atoms with Crippen molar-refractivity contribution >= 4 is 11.6 Å². The number of hydrogen-bond donors (Lipinski definition) is 1. The first-order valence-electron chi connectivity index (χ1n) is 7.25. The second-order valence-corrected chi connectivity index (χ2v) is 5.44. The van der Waals surface area contributed by atoms with Crippen LogP contribution in [0.15, 0.2) is 24.3 Å². The van der Waals surface area contributed by atoms with Crippen LogP contribution in [0.2, 0.25) is 5.02 Å². The van der Waals surface area contributed by atoms with Gasteiger partial charge in [0, 0.05) is 43.7 Å². The number of rotatable bonds is 9. The zero-order valence-corrected chi connectivity index (χ0v) is 13.5. The van der Waals surface area contributed by atoms with Crippen LogP contribution in [0.1, 0.15) is 31.4 Å². The minimum absolute atomic E-state index is 0.00160. The molecule has 1 aromatic rings. The molecule has 21 heavy (non-hydrogen) atoms. The molecule has 116 valence electrons. The van der Waals surface area contributed by atoms with E-state index < -0.39 is 0 Å². The Morgan fingerprint density at radius 3 is 2.52 bits per heavy atom. The average molecular weight is 310 g/mol. The summed E-state index contributed by atoms with van der Waals surface area (Å²) in [6.07, 6.45) is 1.34. The Bertz CT molecular complexity index is 444. The Kier molecular flexibility index (Phi) is 8.33. The molecule has 0 aliphatic heterocycles. The van der Waals surface area contributed by atoms with Crippen LogP contribution in [0.4, 0.5) is 0 Å². The Morgan fingerprint density at radius 2 is 2.00 bits per heavy atom. The maximum Gasteiger partial charge on any atom is 0.0635 e. The van der Waals surface area contributed by atoms with E-state index in [0.29, 0.717) is 24.6 Å². The normalized spacial score (nSPS) is 13.9. The lowest BCUT2D eigenvalue weighted by atomic mass is 9.96. The van der Waals surface area contributed by atoms with Gasteiger partial charge in [0.25, 0.3) is 0 Å². The summed E-state index contributed by atoms with van der Waals surface area (Å²) in [5.41, 5.74) is 7.46. The van der Waals surface area contributed by atoms with Crippen molar-refractivity contribution in [3.8, 4) is 6.07 Å². The minimum Gasteiger partial charge on any atom is -0.383 e. The highest BCUT2D eigenvalue weighted by Gasteiger charge is 2.25. The molecule has 0 bridgehead atoms. The van der Waals surface area contributed by atoms with Crippen LogP contribution < -0.4 is 5.73 Å². The van der Waals surface area contributed by atoms with E-state index in [1.165, 1.54) is 0 Å². The van der Waals surface area contributed by atoms with Crippen molar-refractivity contribution in [3.05, 3.63) is 34.9 Å². The second-order valence-electron chi connectivity index (χ2n) is 5.01. The molecule has 0 aliphatic rings. The molecule has 0 spiro atoms. The summed E-state index contributed by atoms with van der Waals surface area (Å²) in [4.78, 5) is 2.23. The van der Waals surface area contributed by atoms with Crippen LogP contribution in [0, 0.1) is 11.3 Å². The zero-order chi connectivity index (χ0) is 15.7. The number of nitrogens with zero attached hydrogens (tertiary/aromatic N) is 2. The first-order valence-corrected chi connectivity index (χ1v) is 7.62. The van der Waals surface area contributed by atoms with E-state index in [1.54, 1.807) is 7.11 Å². The zero-order valence-electron chi connectivity index (χ0n) is 12.8. The molecule has 0 saturated carbocycles. The predicted octanol–water partition coefficient (Wildman–Crippen LogP) is 2.98. The van der Waals surface area contributed by atoms with Crippen molar-refractivity contribution in [2.45, 2.75) is 31.8 Å². The lowest BCUT2D eigenvalue weighted by Gasteiger charge is -2.35. The van der Waals surface area contributed by atoms with E-state index in [4.69, 9.17) is 27.3 Å². The molecule has 1 rings (SSSR count). The molecule has 1 aromatic carbocycles. The summed E-state index contributed by atoms with van der Waals surface area (Å²) in [6, 6.07) is 10.0. The third-order valence-electron chi connectivity index (χ3n) is 3.58. The highest BCUT2D eigenvalue weighted by molar-refractivity contribution is 6.30. The summed E-state index contributed by atoms with van der Waals surface area (Å²) in [5.74, 6) is 0. The van der Waals surface area contributed by atoms with Crippen molar-refractivity contribution < 1.29 is 4.74 Å². The fourth-order valence-electron chi connectivity index (χ4n) is 2.40. The van der Waals surface area contributed by atoms with Crippen molar-refractivity contribution in [3.63, 3.8) is 0 Å². The Labute approximate surface area is 132 Å². The summed E-state index contributed by atoms with van der Waals surface area (Å²) < 4.78 is 5.18. The number of halogens is 1. The van der Waals surface area contributed by atoms with E-state index in [0.717, 1.165) is 18.5 Å². The molecule has 0 aliphatic carbocycles. The summed E-state index contributed by atoms with van der Waals surface area (Å²) in [5, 5.41) is 9.58. The second kappa shape index (κ2) is 9.75. The van der Waals surface area contributed by atoms with Crippen LogP contribution in [0.5, 0.6) is 0 Å². The molecular formula is C16H24ClN3O. The van der Waals surface area contributed by atoms with Gasteiger partial charge in [0.15, 0.2) is 0 Å². The molecule has 2 atom stereocenters. The molecular weight excluding hydrogens is 286 g/mol. The molecule has 2 unspecified atom stereocenters. The average Bonchev–Trinajstić information content (AvgIpc) is 2.51. The van der Waals surface area contributed by atoms with Crippen LogP contribution in [-0.2, 0) is 4.74 Å². The molecule has 0 fully saturated rings. The molecule has 0 amide bonds. The van der Waals surface area contributed by atoms with Crippen LogP contribution in [-0.4, -0.2) is 37.7 Å².